The molecule has 0 aromatic carbocycles. The van der Waals surface area contributed by atoms with Crippen molar-refractivity contribution >= 4 is 0 Å². The SMILES string of the molecule is [CH2]C1CC(C)(C)C(C)C1C. The largest absolute Gasteiger partial charge is 0.0620 e. The minimum Gasteiger partial charge on any atom is -0.0620 e. The molecule has 1 aliphatic carbocycles. The lowest BCUT2D eigenvalue weighted by Gasteiger charge is -2.25. The van der Waals surface area contributed by atoms with Crippen molar-refractivity contribution in [3.05, 3.63) is 6.92 Å². The van der Waals surface area contributed by atoms with Gasteiger partial charge in [-0.15, -0.1) is 0 Å². The first-order chi connectivity index (χ1) is 4.45. The van der Waals surface area contributed by atoms with Crippen molar-refractivity contribution in [2.45, 2.75) is 34.1 Å². The molecular weight excluding hydrogens is 120 g/mol. The summed E-state index contributed by atoms with van der Waals surface area (Å²) < 4.78 is 0. The molecule has 0 spiro atoms. The van der Waals surface area contributed by atoms with E-state index in [0.29, 0.717) is 11.3 Å². The van der Waals surface area contributed by atoms with Gasteiger partial charge in [0.2, 0.25) is 0 Å². The van der Waals surface area contributed by atoms with Crippen LogP contribution in [0.25, 0.3) is 0 Å². The average Bonchev–Trinajstić information content (AvgIpc) is 1.95. The lowest BCUT2D eigenvalue weighted by molar-refractivity contribution is 0.247. The molecule has 0 heteroatoms. The number of hydrogen-bond donors (Lipinski definition) is 0. The van der Waals surface area contributed by atoms with Crippen molar-refractivity contribution in [1.82, 2.24) is 0 Å². The van der Waals surface area contributed by atoms with E-state index in [0.717, 1.165) is 11.8 Å². The Morgan fingerprint density at radius 1 is 1.30 bits per heavy atom. The van der Waals surface area contributed by atoms with Crippen molar-refractivity contribution in [3.63, 3.8) is 0 Å². The Morgan fingerprint density at radius 2 is 1.80 bits per heavy atom. The third kappa shape index (κ3) is 1.09. The number of hydrogen-bond acceptors (Lipinski definition) is 0. The lowest BCUT2D eigenvalue weighted by atomic mass is 9.81. The van der Waals surface area contributed by atoms with Gasteiger partial charge in [-0.25, -0.2) is 0 Å². The van der Waals surface area contributed by atoms with Crippen LogP contribution >= 0.6 is 0 Å². The molecular formula is C10H19. The summed E-state index contributed by atoms with van der Waals surface area (Å²) in [7, 11) is 0. The van der Waals surface area contributed by atoms with Gasteiger partial charge in [-0.3, -0.25) is 0 Å². The molecule has 0 saturated heterocycles. The Labute approximate surface area is 65.0 Å². The highest BCUT2D eigenvalue weighted by molar-refractivity contribution is 4.92. The summed E-state index contributed by atoms with van der Waals surface area (Å²) in [5, 5.41) is 0. The molecule has 0 aliphatic heterocycles. The van der Waals surface area contributed by atoms with Crippen LogP contribution in [0.3, 0.4) is 0 Å². The molecule has 1 fully saturated rings. The van der Waals surface area contributed by atoms with Gasteiger partial charge in [0.15, 0.2) is 0 Å². The maximum absolute atomic E-state index is 4.16. The summed E-state index contributed by atoms with van der Waals surface area (Å²) in [5.41, 5.74) is 0.534. The zero-order valence-corrected chi connectivity index (χ0v) is 7.65. The van der Waals surface area contributed by atoms with E-state index >= 15 is 0 Å². The molecule has 0 heterocycles. The molecule has 3 unspecified atom stereocenters. The Bertz CT molecular complexity index is 124. The van der Waals surface area contributed by atoms with E-state index in [1.54, 1.807) is 0 Å². The van der Waals surface area contributed by atoms with E-state index in [-0.39, 0.29) is 0 Å². The quantitative estimate of drug-likeness (QED) is 0.483. The van der Waals surface area contributed by atoms with Crippen LogP contribution in [0, 0.1) is 30.1 Å². The van der Waals surface area contributed by atoms with E-state index in [9.17, 15) is 0 Å². The fourth-order valence-electron chi connectivity index (χ4n) is 2.17. The summed E-state index contributed by atoms with van der Waals surface area (Å²) >= 11 is 0. The Morgan fingerprint density at radius 3 is 1.90 bits per heavy atom. The van der Waals surface area contributed by atoms with Crippen LogP contribution in [0.15, 0.2) is 0 Å². The van der Waals surface area contributed by atoms with Crippen molar-refractivity contribution in [2.24, 2.45) is 23.2 Å². The summed E-state index contributed by atoms with van der Waals surface area (Å²) in [6.07, 6.45) is 1.30. The van der Waals surface area contributed by atoms with Crippen LogP contribution in [-0.2, 0) is 0 Å². The van der Waals surface area contributed by atoms with Crippen molar-refractivity contribution < 1.29 is 0 Å². The van der Waals surface area contributed by atoms with Crippen molar-refractivity contribution in [1.29, 1.82) is 0 Å². The molecule has 0 amide bonds. The normalized spacial score (nSPS) is 45.9. The molecule has 1 aliphatic rings. The second kappa shape index (κ2) is 2.25. The zero-order valence-electron chi connectivity index (χ0n) is 7.65. The van der Waals surface area contributed by atoms with Gasteiger partial charge in [-0.2, -0.15) is 0 Å². The smallest absolute Gasteiger partial charge is 0.0323 e. The maximum atomic E-state index is 4.16. The van der Waals surface area contributed by atoms with Crippen LogP contribution in [0.5, 0.6) is 0 Å². The lowest BCUT2D eigenvalue weighted by Crippen LogP contribution is -2.17. The minimum absolute atomic E-state index is 0.534. The van der Waals surface area contributed by atoms with Gasteiger partial charge in [-0.05, 0) is 36.5 Å². The molecule has 1 rings (SSSR count). The van der Waals surface area contributed by atoms with E-state index < -0.39 is 0 Å². The van der Waals surface area contributed by atoms with Crippen molar-refractivity contribution in [2.75, 3.05) is 0 Å². The monoisotopic (exact) mass is 139 g/mol. The maximum Gasteiger partial charge on any atom is -0.0323 e. The van der Waals surface area contributed by atoms with Gasteiger partial charge in [0.05, 0.1) is 0 Å². The van der Waals surface area contributed by atoms with Gasteiger partial charge >= 0.3 is 0 Å². The molecule has 1 radical (unpaired) electrons. The van der Waals surface area contributed by atoms with Gasteiger partial charge in [-0.1, -0.05) is 27.7 Å². The highest BCUT2D eigenvalue weighted by Gasteiger charge is 2.40. The van der Waals surface area contributed by atoms with Gasteiger partial charge in [0, 0.05) is 0 Å². The first-order valence-corrected chi connectivity index (χ1v) is 4.28. The predicted molar refractivity (Wildman–Crippen MR) is 45.6 cm³/mol. The Balaban J connectivity index is 2.71. The third-order valence-corrected chi connectivity index (χ3v) is 3.55. The van der Waals surface area contributed by atoms with Crippen LogP contribution in [0.4, 0.5) is 0 Å². The van der Waals surface area contributed by atoms with Crippen molar-refractivity contribution in [3.8, 4) is 0 Å². The highest BCUT2D eigenvalue weighted by atomic mass is 14.5. The first kappa shape index (κ1) is 8.10. The van der Waals surface area contributed by atoms with Gasteiger partial charge in [0.25, 0.3) is 0 Å². The van der Waals surface area contributed by atoms with Gasteiger partial charge < -0.3 is 0 Å². The Kier molecular flexibility index (Phi) is 1.82. The van der Waals surface area contributed by atoms with E-state index in [2.05, 4.69) is 34.6 Å². The molecule has 0 bridgehead atoms. The summed E-state index contributed by atoms with van der Waals surface area (Å²) in [6.45, 7) is 13.6. The molecule has 59 valence electrons. The van der Waals surface area contributed by atoms with Gasteiger partial charge in [0.1, 0.15) is 0 Å². The van der Waals surface area contributed by atoms with E-state index in [1.807, 2.05) is 0 Å². The molecule has 3 atom stereocenters. The molecule has 1 saturated carbocycles. The predicted octanol–water partition coefficient (Wildman–Crippen LogP) is 3.14. The molecule has 0 aromatic heterocycles. The van der Waals surface area contributed by atoms with Crippen LogP contribution in [0.2, 0.25) is 0 Å². The minimum atomic E-state index is 0.534. The number of rotatable bonds is 0. The fraction of sp³-hybridized carbons (Fsp3) is 0.900. The second-order valence-electron chi connectivity index (χ2n) is 4.60. The second-order valence-corrected chi connectivity index (χ2v) is 4.60. The average molecular weight is 139 g/mol. The van der Waals surface area contributed by atoms with Crippen LogP contribution < -0.4 is 0 Å². The molecule has 0 nitrogen and oxygen atoms in total. The third-order valence-electron chi connectivity index (χ3n) is 3.55. The standard InChI is InChI=1S/C10H19/c1-7-6-10(4,5)9(3)8(7)2/h7-9H,1,6H2,2-5H3. The molecule has 0 aromatic rings. The molecule has 10 heavy (non-hydrogen) atoms. The summed E-state index contributed by atoms with van der Waals surface area (Å²) in [6, 6.07) is 0. The fourth-order valence-corrected chi connectivity index (χ4v) is 2.17. The highest BCUT2D eigenvalue weighted by Crippen LogP contribution is 2.48. The molecule has 0 N–H and O–H groups in total. The van der Waals surface area contributed by atoms with Crippen LogP contribution in [-0.4, -0.2) is 0 Å². The summed E-state index contributed by atoms with van der Waals surface area (Å²) in [4.78, 5) is 0. The van der Waals surface area contributed by atoms with Crippen LogP contribution in [0.1, 0.15) is 34.1 Å². The first-order valence-electron chi connectivity index (χ1n) is 4.28. The zero-order chi connectivity index (χ0) is 7.94. The Hall–Kier alpha value is 0. The summed E-state index contributed by atoms with van der Waals surface area (Å²) in [5.74, 6) is 2.34. The topological polar surface area (TPSA) is 0 Å². The van der Waals surface area contributed by atoms with E-state index in [4.69, 9.17) is 0 Å². The van der Waals surface area contributed by atoms with E-state index in [1.165, 1.54) is 6.42 Å².